The van der Waals surface area contributed by atoms with Crippen LogP contribution in [-0.2, 0) is 57.4 Å². The number of ether oxygens (including phenoxy) is 6. The molecule has 0 aliphatic rings. The normalized spacial score (nSPS) is 10.7. The minimum absolute atomic E-state index is 0.00161. The second-order valence-electron chi connectivity index (χ2n) is 14.2. The summed E-state index contributed by atoms with van der Waals surface area (Å²) in [7, 11) is 0. The van der Waals surface area contributed by atoms with Crippen molar-refractivity contribution in [3.05, 3.63) is 155 Å². The van der Waals surface area contributed by atoms with Gasteiger partial charge in [-0.05, 0) is 128 Å². The zero-order valence-electron chi connectivity index (χ0n) is 35.8. The first kappa shape index (κ1) is 47.8. The number of carbonyl (C=O) groups is 4. The Labute approximate surface area is 369 Å². The summed E-state index contributed by atoms with van der Waals surface area (Å²) in [6.07, 6.45) is -1.10. The molecule has 10 heteroatoms. The first-order valence-corrected chi connectivity index (χ1v) is 19.9. The van der Waals surface area contributed by atoms with E-state index in [1.165, 1.54) is 13.8 Å². The lowest BCUT2D eigenvalue weighted by molar-refractivity contribution is -0.158. The molecule has 4 rings (SSSR count). The molecule has 0 radical (unpaired) electrons. The lowest BCUT2D eigenvalue weighted by atomic mass is 10.0. The average Bonchev–Trinajstić information content (AvgIpc) is 3.27. The summed E-state index contributed by atoms with van der Waals surface area (Å²) < 4.78 is 33.6. The Kier molecular flexibility index (Phi) is 19.4. The Morgan fingerprint density at radius 2 is 0.921 bits per heavy atom. The van der Waals surface area contributed by atoms with E-state index in [0.717, 1.165) is 27.8 Å². The zero-order chi connectivity index (χ0) is 45.4. The fourth-order valence-corrected chi connectivity index (χ4v) is 5.33. The van der Waals surface area contributed by atoms with Crippen molar-refractivity contribution in [2.45, 2.75) is 59.2 Å². The smallest absolute Gasteiger partial charge is 0.333 e. The monoisotopic (exact) mass is 844 g/mol. The molecule has 63 heavy (non-hydrogen) atoms. The molecule has 0 N–H and O–H groups in total. The average molecular weight is 845 g/mol. The SMILES string of the molecule is C=C(C)C(=O)OCC(COc1ccc(C)cc1)OC(=O)Cc1ccc(Cc2ccc(CC(=O)OC(COC(=O)C(=C)C)COc3ccc(C#CC#CC#CC#CC)cc3)cc2)cc1. The Morgan fingerprint density at radius 1 is 0.524 bits per heavy atom. The Bertz CT molecular complexity index is 2490. The van der Waals surface area contributed by atoms with Gasteiger partial charge in [0.1, 0.15) is 37.9 Å². The number of rotatable bonds is 20. The van der Waals surface area contributed by atoms with Gasteiger partial charge in [-0.3, -0.25) is 9.59 Å². The molecule has 0 saturated heterocycles. The van der Waals surface area contributed by atoms with Crippen LogP contribution in [-0.4, -0.2) is 62.5 Å². The molecule has 4 aromatic rings. The van der Waals surface area contributed by atoms with Crippen molar-refractivity contribution in [2.24, 2.45) is 0 Å². The van der Waals surface area contributed by atoms with Gasteiger partial charge in [0.2, 0.25) is 0 Å². The topological polar surface area (TPSA) is 124 Å². The number of aryl methyl sites for hydroxylation is 1. The highest BCUT2D eigenvalue weighted by molar-refractivity contribution is 5.87. The molecular weight excluding hydrogens is 797 g/mol. The highest BCUT2D eigenvalue weighted by atomic mass is 16.6. The van der Waals surface area contributed by atoms with Gasteiger partial charge in [0.15, 0.2) is 12.2 Å². The minimum Gasteiger partial charge on any atom is -0.490 e. The lowest BCUT2D eigenvalue weighted by Gasteiger charge is -2.19. The van der Waals surface area contributed by atoms with Gasteiger partial charge in [0, 0.05) is 16.7 Å². The van der Waals surface area contributed by atoms with Gasteiger partial charge in [-0.15, -0.1) is 0 Å². The highest BCUT2D eigenvalue weighted by Crippen LogP contribution is 2.17. The molecule has 10 nitrogen and oxygen atoms in total. The van der Waals surface area contributed by atoms with E-state index >= 15 is 0 Å². The minimum atomic E-state index is -0.885. The third kappa shape index (κ3) is 18.5. The van der Waals surface area contributed by atoms with Crippen LogP contribution in [0.1, 0.15) is 54.2 Å². The predicted octanol–water partition coefficient (Wildman–Crippen LogP) is 7.27. The maximum atomic E-state index is 13.0. The van der Waals surface area contributed by atoms with Gasteiger partial charge < -0.3 is 28.4 Å². The van der Waals surface area contributed by atoms with E-state index in [0.29, 0.717) is 23.5 Å². The fraction of sp³-hybridized carbons (Fsp3) is 0.245. The van der Waals surface area contributed by atoms with Gasteiger partial charge in [0.25, 0.3) is 0 Å². The molecule has 0 amide bonds. The van der Waals surface area contributed by atoms with Crippen LogP contribution in [0.15, 0.2) is 121 Å². The van der Waals surface area contributed by atoms with Crippen molar-refractivity contribution in [1.82, 2.24) is 0 Å². The van der Waals surface area contributed by atoms with Crippen molar-refractivity contribution >= 4 is 23.9 Å². The third-order valence-corrected chi connectivity index (χ3v) is 8.64. The summed E-state index contributed by atoms with van der Waals surface area (Å²) in [5.41, 5.74) is 5.74. The maximum Gasteiger partial charge on any atom is 0.333 e. The van der Waals surface area contributed by atoms with Crippen LogP contribution in [0.5, 0.6) is 11.5 Å². The molecule has 0 bridgehead atoms. The fourth-order valence-electron chi connectivity index (χ4n) is 5.33. The van der Waals surface area contributed by atoms with E-state index in [4.69, 9.17) is 28.4 Å². The quantitative estimate of drug-likeness (QED) is 0.0389. The second-order valence-corrected chi connectivity index (χ2v) is 14.2. The molecule has 2 unspecified atom stereocenters. The maximum absolute atomic E-state index is 13.0. The number of hydrogen-bond donors (Lipinski definition) is 0. The van der Waals surface area contributed by atoms with E-state index in [2.05, 4.69) is 60.5 Å². The molecule has 0 aliphatic carbocycles. The van der Waals surface area contributed by atoms with Gasteiger partial charge >= 0.3 is 23.9 Å². The summed E-state index contributed by atoms with van der Waals surface area (Å²) in [5, 5.41) is 0. The summed E-state index contributed by atoms with van der Waals surface area (Å²) in [6, 6.07) is 29.5. The van der Waals surface area contributed by atoms with E-state index in [1.807, 2.05) is 79.7 Å². The first-order valence-electron chi connectivity index (χ1n) is 19.9. The molecule has 0 saturated carbocycles. The van der Waals surface area contributed by atoms with Gasteiger partial charge in [0.05, 0.1) is 12.8 Å². The molecule has 0 heterocycles. The van der Waals surface area contributed by atoms with Gasteiger partial charge in [-0.1, -0.05) is 91.2 Å². The first-order chi connectivity index (χ1) is 30.4. The van der Waals surface area contributed by atoms with Crippen LogP contribution in [0, 0.1) is 54.3 Å². The highest BCUT2D eigenvalue weighted by Gasteiger charge is 2.21. The van der Waals surface area contributed by atoms with Gasteiger partial charge in [-0.25, -0.2) is 9.59 Å². The zero-order valence-corrected chi connectivity index (χ0v) is 35.8. The number of esters is 4. The summed E-state index contributed by atoms with van der Waals surface area (Å²) in [6.45, 7) is 13.4. The number of hydrogen-bond acceptors (Lipinski definition) is 10. The Hall–Kier alpha value is -7.92. The molecule has 0 aliphatic heterocycles. The lowest BCUT2D eigenvalue weighted by Crippen LogP contribution is -2.31. The van der Waals surface area contributed by atoms with Crippen molar-refractivity contribution in [3.63, 3.8) is 0 Å². The molecule has 0 aromatic heterocycles. The molecular formula is C53H48O10. The molecule has 0 spiro atoms. The third-order valence-electron chi connectivity index (χ3n) is 8.64. The van der Waals surface area contributed by atoms with Crippen LogP contribution >= 0.6 is 0 Å². The van der Waals surface area contributed by atoms with Crippen LogP contribution in [0.25, 0.3) is 0 Å². The summed E-state index contributed by atoms with van der Waals surface area (Å²) >= 11 is 0. The summed E-state index contributed by atoms with van der Waals surface area (Å²) in [4.78, 5) is 50.1. The Balaban J connectivity index is 1.27. The molecule has 2 atom stereocenters. The summed E-state index contributed by atoms with van der Waals surface area (Å²) in [5.74, 6) is 20.2. The van der Waals surface area contributed by atoms with Crippen LogP contribution in [0.4, 0.5) is 0 Å². The molecule has 320 valence electrons. The van der Waals surface area contributed by atoms with E-state index < -0.39 is 36.1 Å². The number of carbonyl (C=O) groups excluding carboxylic acids is 4. The van der Waals surface area contributed by atoms with Gasteiger partial charge in [-0.2, -0.15) is 0 Å². The van der Waals surface area contributed by atoms with Crippen molar-refractivity contribution in [2.75, 3.05) is 26.4 Å². The predicted molar refractivity (Wildman–Crippen MR) is 239 cm³/mol. The Morgan fingerprint density at radius 3 is 1.35 bits per heavy atom. The van der Waals surface area contributed by atoms with Crippen LogP contribution in [0.2, 0.25) is 0 Å². The largest absolute Gasteiger partial charge is 0.490 e. The van der Waals surface area contributed by atoms with Crippen LogP contribution in [0.3, 0.4) is 0 Å². The van der Waals surface area contributed by atoms with E-state index in [-0.39, 0.29) is 50.4 Å². The van der Waals surface area contributed by atoms with E-state index in [1.54, 1.807) is 31.2 Å². The molecule has 0 fully saturated rings. The van der Waals surface area contributed by atoms with Crippen LogP contribution < -0.4 is 9.47 Å². The standard InChI is InChI=1S/C53H48O10/c1-7-8-9-10-11-12-13-14-41-25-29-47(30-26-41)59-35-49(37-61-53(57)39(4)5)63-51(55)33-45-23-19-43(20-24-45)31-42-17-21-44(22-18-42)32-50(54)62-48(36-60-52(56)38(2)3)34-58-46-27-15-40(6)16-28-46/h15-30,48-49H,2,4,31-37H2,1,3,5-6H3. The van der Waals surface area contributed by atoms with Crippen molar-refractivity contribution < 1.29 is 47.6 Å². The number of benzene rings is 4. The van der Waals surface area contributed by atoms with E-state index in [9.17, 15) is 19.2 Å². The second kappa shape index (κ2) is 25.6. The van der Waals surface area contributed by atoms with Crippen molar-refractivity contribution in [3.8, 4) is 58.9 Å². The molecule has 4 aromatic carbocycles. The van der Waals surface area contributed by atoms with Crippen molar-refractivity contribution in [1.29, 1.82) is 0 Å².